The van der Waals surface area contributed by atoms with E-state index >= 15 is 0 Å². The highest BCUT2D eigenvalue weighted by Gasteiger charge is 2.35. The second-order valence-corrected chi connectivity index (χ2v) is 8.21. The Hall–Kier alpha value is -3.59. The van der Waals surface area contributed by atoms with Crippen molar-refractivity contribution in [3.63, 3.8) is 0 Å². The highest BCUT2D eigenvalue weighted by Crippen LogP contribution is 2.42. The molecule has 1 atom stereocenters. The Morgan fingerprint density at radius 2 is 1.60 bits per heavy atom. The molecule has 30 heavy (non-hydrogen) atoms. The van der Waals surface area contributed by atoms with E-state index in [1.165, 1.54) is 21.9 Å². The van der Waals surface area contributed by atoms with E-state index < -0.39 is 0 Å². The molecule has 1 aliphatic carbocycles. The van der Waals surface area contributed by atoms with Gasteiger partial charge in [-0.1, -0.05) is 60.7 Å². The minimum Gasteiger partial charge on any atom is -0.360 e. The van der Waals surface area contributed by atoms with Crippen LogP contribution in [0.2, 0.25) is 0 Å². The van der Waals surface area contributed by atoms with E-state index in [2.05, 4.69) is 48.6 Å². The third-order valence-corrected chi connectivity index (χ3v) is 6.51. The van der Waals surface area contributed by atoms with Crippen molar-refractivity contribution in [2.45, 2.75) is 25.9 Å². The average molecular weight is 390 g/mol. The Labute approximate surface area is 176 Å². The monoisotopic (exact) mass is 390 g/mol. The molecule has 0 saturated carbocycles. The van der Waals surface area contributed by atoms with E-state index in [1.54, 1.807) is 0 Å². The summed E-state index contributed by atoms with van der Waals surface area (Å²) in [6, 6.07) is 27.0. The van der Waals surface area contributed by atoms with Gasteiger partial charge in [0.1, 0.15) is 6.17 Å². The van der Waals surface area contributed by atoms with Crippen LogP contribution in [0.3, 0.4) is 0 Å². The summed E-state index contributed by atoms with van der Waals surface area (Å²) in [7, 11) is 0. The van der Waals surface area contributed by atoms with E-state index in [-0.39, 0.29) is 12.1 Å². The van der Waals surface area contributed by atoms with E-state index in [0.29, 0.717) is 5.56 Å². The number of carbonyl (C=O) groups is 1. The maximum absolute atomic E-state index is 13.7. The first kappa shape index (κ1) is 17.3. The van der Waals surface area contributed by atoms with Gasteiger partial charge in [0.2, 0.25) is 0 Å². The van der Waals surface area contributed by atoms with Crippen LogP contribution in [-0.2, 0) is 12.8 Å². The summed E-state index contributed by atoms with van der Waals surface area (Å²) in [4.78, 5) is 15.6. The molecule has 4 aromatic carbocycles. The summed E-state index contributed by atoms with van der Waals surface area (Å²) in [5.41, 5.74) is 7.59. The molecule has 1 aliphatic heterocycles. The lowest BCUT2D eigenvalue weighted by Gasteiger charge is -2.39. The van der Waals surface area contributed by atoms with Gasteiger partial charge >= 0.3 is 0 Å². The fourth-order valence-electron chi connectivity index (χ4n) is 5.06. The maximum Gasteiger partial charge on any atom is 0.262 e. The summed E-state index contributed by atoms with van der Waals surface area (Å²) in [6.07, 6.45) is 1.92. The fraction of sp³-hybridized carbons (Fsp3) is 0.148. The molecule has 0 fully saturated rings. The second kappa shape index (κ2) is 6.46. The number of carbonyl (C=O) groups excluding carboxylic acids is 1. The first-order valence-corrected chi connectivity index (χ1v) is 10.5. The Balaban J connectivity index is 1.61. The molecule has 0 saturated heterocycles. The van der Waals surface area contributed by atoms with Crippen LogP contribution in [0, 0.1) is 6.92 Å². The van der Waals surface area contributed by atoms with Crippen molar-refractivity contribution in [1.29, 1.82) is 0 Å². The Morgan fingerprint density at radius 1 is 0.833 bits per heavy atom. The van der Waals surface area contributed by atoms with Crippen LogP contribution in [0.4, 0.5) is 11.4 Å². The Bertz CT molecular complexity index is 1310. The SMILES string of the molecule is Cc1ccccc1N1C(=O)c2ccccc2N[C@H]1c1ccc2c3c(cccc13)CC2. The fourth-order valence-corrected chi connectivity index (χ4v) is 5.06. The molecule has 1 amide bonds. The minimum atomic E-state index is -0.265. The number of nitrogens with one attached hydrogen (secondary N) is 1. The molecular formula is C27H22N2O. The molecule has 0 spiro atoms. The molecule has 3 heteroatoms. The predicted molar refractivity (Wildman–Crippen MR) is 122 cm³/mol. The number of hydrogen-bond acceptors (Lipinski definition) is 2. The van der Waals surface area contributed by atoms with E-state index in [4.69, 9.17) is 0 Å². The van der Waals surface area contributed by atoms with Crippen LogP contribution in [0.25, 0.3) is 10.8 Å². The van der Waals surface area contributed by atoms with E-state index in [1.807, 2.05) is 47.4 Å². The zero-order valence-electron chi connectivity index (χ0n) is 16.9. The number of rotatable bonds is 2. The first-order valence-electron chi connectivity index (χ1n) is 10.5. The molecule has 146 valence electrons. The van der Waals surface area contributed by atoms with Crippen LogP contribution in [0.5, 0.6) is 0 Å². The summed E-state index contributed by atoms with van der Waals surface area (Å²) in [5.74, 6) is 0.0342. The van der Waals surface area contributed by atoms with Gasteiger partial charge in [0, 0.05) is 16.9 Å². The van der Waals surface area contributed by atoms with E-state index in [9.17, 15) is 4.79 Å². The van der Waals surface area contributed by atoms with Crippen LogP contribution in [-0.4, -0.2) is 5.91 Å². The largest absolute Gasteiger partial charge is 0.360 e. The van der Waals surface area contributed by atoms with Crippen LogP contribution in [0.15, 0.2) is 78.9 Å². The van der Waals surface area contributed by atoms with Crippen molar-refractivity contribution in [2.75, 3.05) is 10.2 Å². The highest BCUT2D eigenvalue weighted by atomic mass is 16.2. The highest BCUT2D eigenvalue weighted by molar-refractivity contribution is 6.13. The van der Waals surface area contributed by atoms with Crippen LogP contribution < -0.4 is 10.2 Å². The Kier molecular flexibility index (Phi) is 3.72. The summed E-state index contributed by atoms with van der Waals surface area (Å²) >= 11 is 0. The topological polar surface area (TPSA) is 32.3 Å². The van der Waals surface area contributed by atoms with Crippen molar-refractivity contribution in [3.8, 4) is 0 Å². The summed E-state index contributed by atoms with van der Waals surface area (Å²) in [6.45, 7) is 2.06. The maximum atomic E-state index is 13.7. The third-order valence-electron chi connectivity index (χ3n) is 6.51. The van der Waals surface area contributed by atoms with Crippen molar-refractivity contribution >= 4 is 28.1 Å². The van der Waals surface area contributed by atoms with E-state index in [0.717, 1.165) is 35.3 Å². The number of amides is 1. The number of benzene rings is 4. The van der Waals surface area contributed by atoms with Crippen molar-refractivity contribution in [2.24, 2.45) is 0 Å². The quantitative estimate of drug-likeness (QED) is 0.454. The molecule has 0 bridgehead atoms. The van der Waals surface area contributed by atoms with Crippen LogP contribution >= 0.6 is 0 Å². The lowest BCUT2D eigenvalue weighted by Crippen LogP contribution is -2.43. The molecular weight excluding hydrogens is 368 g/mol. The molecule has 0 unspecified atom stereocenters. The van der Waals surface area contributed by atoms with Gasteiger partial charge in [0.15, 0.2) is 0 Å². The average Bonchev–Trinajstić information content (AvgIpc) is 3.20. The van der Waals surface area contributed by atoms with Gasteiger partial charge in [-0.25, -0.2) is 0 Å². The number of anilines is 2. The molecule has 2 aliphatic rings. The minimum absolute atomic E-state index is 0.0342. The third kappa shape index (κ3) is 2.42. The second-order valence-electron chi connectivity index (χ2n) is 8.21. The molecule has 0 radical (unpaired) electrons. The van der Waals surface area contributed by atoms with Gasteiger partial charge < -0.3 is 5.32 Å². The summed E-state index contributed by atoms with van der Waals surface area (Å²) in [5, 5.41) is 6.29. The molecule has 6 rings (SSSR count). The van der Waals surface area contributed by atoms with Crippen molar-refractivity contribution < 1.29 is 4.79 Å². The molecule has 1 heterocycles. The van der Waals surface area contributed by atoms with Gasteiger partial charge in [0.05, 0.1) is 5.56 Å². The number of fused-ring (bicyclic) bond motifs is 1. The summed E-state index contributed by atoms with van der Waals surface area (Å²) < 4.78 is 0. The number of para-hydroxylation sites is 2. The van der Waals surface area contributed by atoms with Gasteiger partial charge in [-0.15, -0.1) is 0 Å². The van der Waals surface area contributed by atoms with Crippen molar-refractivity contribution in [3.05, 3.63) is 107 Å². The van der Waals surface area contributed by atoms with Crippen molar-refractivity contribution in [1.82, 2.24) is 0 Å². The lowest BCUT2D eigenvalue weighted by atomic mass is 9.95. The standard InChI is InChI=1S/C27H22N2O/c1-17-7-2-5-12-24(17)29-26(28-23-11-4-3-9-22(23)27(29)30)21-16-15-19-14-13-18-8-6-10-20(21)25(18)19/h2-12,15-16,26,28H,13-14H2,1H3/t26-/m1/s1. The first-order chi connectivity index (χ1) is 14.7. The number of aryl methyl sites for hydroxylation is 3. The molecule has 1 N–H and O–H groups in total. The number of nitrogens with zero attached hydrogens (tertiary/aromatic N) is 1. The smallest absolute Gasteiger partial charge is 0.262 e. The molecule has 4 aromatic rings. The van der Waals surface area contributed by atoms with Gasteiger partial charge in [-0.2, -0.15) is 0 Å². The normalized spacial score (nSPS) is 17.2. The van der Waals surface area contributed by atoms with Gasteiger partial charge in [0.25, 0.3) is 5.91 Å². The lowest BCUT2D eigenvalue weighted by molar-refractivity contribution is 0.0975. The zero-order chi connectivity index (χ0) is 20.2. The molecule has 0 aromatic heterocycles. The van der Waals surface area contributed by atoms with Crippen LogP contribution in [0.1, 0.15) is 38.8 Å². The Morgan fingerprint density at radius 3 is 2.47 bits per heavy atom. The molecule has 3 nitrogen and oxygen atoms in total. The number of hydrogen-bond donors (Lipinski definition) is 1. The zero-order valence-corrected chi connectivity index (χ0v) is 16.9. The van der Waals surface area contributed by atoms with Gasteiger partial charge in [-0.05, 0) is 65.4 Å². The predicted octanol–water partition coefficient (Wildman–Crippen LogP) is 6.02. The van der Waals surface area contributed by atoms with Gasteiger partial charge in [-0.3, -0.25) is 9.69 Å².